The average molecular weight is 199 g/mol. The lowest BCUT2D eigenvalue weighted by molar-refractivity contribution is 0.112. The molecule has 1 unspecified atom stereocenters. The zero-order valence-electron chi connectivity index (χ0n) is 8.73. The highest BCUT2D eigenvalue weighted by molar-refractivity contribution is 4.87. The van der Waals surface area contributed by atoms with Gasteiger partial charge in [-0.15, -0.1) is 0 Å². The molecule has 1 aliphatic carbocycles. The van der Waals surface area contributed by atoms with Gasteiger partial charge in [-0.3, -0.25) is 9.80 Å². The average Bonchev–Trinajstić information content (AvgIpc) is 3.02. The van der Waals surface area contributed by atoms with E-state index in [0.717, 1.165) is 25.7 Å². The highest BCUT2D eigenvalue weighted by Gasteiger charge is 2.31. The van der Waals surface area contributed by atoms with E-state index in [2.05, 4.69) is 9.80 Å². The first-order valence-corrected chi connectivity index (χ1v) is 5.62. The number of nitrogens with two attached hydrogens (primary N) is 1. The lowest BCUT2D eigenvalue weighted by Crippen LogP contribution is -2.51. The van der Waals surface area contributed by atoms with Gasteiger partial charge in [0.25, 0.3) is 0 Å². The van der Waals surface area contributed by atoms with Crippen LogP contribution in [0.4, 0.5) is 0 Å². The Bertz CT molecular complexity index is 176. The fourth-order valence-corrected chi connectivity index (χ4v) is 2.14. The summed E-state index contributed by atoms with van der Waals surface area (Å²) in [6, 6.07) is 0.825. The van der Waals surface area contributed by atoms with E-state index in [-0.39, 0.29) is 12.6 Å². The minimum Gasteiger partial charge on any atom is -0.395 e. The molecule has 1 saturated carbocycles. The van der Waals surface area contributed by atoms with Crippen molar-refractivity contribution in [3.05, 3.63) is 0 Å². The zero-order valence-corrected chi connectivity index (χ0v) is 8.73. The first kappa shape index (κ1) is 10.4. The van der Waals surface area contributed by atoms with Crippen LogP contribution in [0.15, 0.2) is 0 Å². The standard InChI is InChI=1S/C10H21N3O/c11-9(8-14)7-12-3-5-13(6-4-12)10-1-2-10/h9-10,14H,1-8,11H2. The Kier molecular flexibility index (Phi) is 3.38. The summed E-state index contributed by atoms with van der Waals surface area (Å²) in [7, 11) is 0. The number of hydrogen-bond donors (Lipinski definition) is 2. The second-order valence-electron chi connectivity index (χ2n) is 4.51. The molecule has 4 nitrogen and oxygen atoms in total. The van der Waals surface area contributed by atoms with Gasteiger partial charge < -0.3 is 10.8 Å². The molecule has 0 spiro atoms. The van der Waals surface area contributed by atoms with Crippen LogP contribution >= 0.6 is 0 Å². The summed E-state index contributed by atoms with van der Waals surface area (Å²) in [6.45, 7) is 5.54. The third-order valence-corrected chi connectivity index (χ3v) is 3.20. The fourth-order valence-electron chi connectivity index (χ4n) is 2.14. The second kappa shape index (κ2) is 4.57. The van der Waals surface area contributed by atoms with E-state index < -0.39 is 0 Å². The van der Waals surface area contributed by atoms with E-state index >= 15 is 0 Å². The summed E-state index contributed by atoms with van der Waals surface area (Å²) in [4.78, 5) is 4.95. The molecule has 14 heavy (non-hydrogen) atoms. The van der Waals surface area contributed by atoms with Crippen molar-refractivity contribution in [2.24, 2.45) is 5.73 Å². The zero-order chi connectivity index (χ0) is 9.97. The molecule has 1 heterocycles. The predicted molar refractivity (Wildman–Crippen MR) is 56.1 cm³/mol. The van der Waals surface area contributed by atoms with E-state index in [0.29, 0.717) is 0 Å². The summed E-state index contributed by atoms with van der Waals surface area (Å²) in [6.07, 6.45) is 2.80. The topological polar surface area (TPSA) is 52.7 Å². The van der Waals surface area contributed by atoms with Crippen molar-refractivity contribution >= 4 is 0 Å². The number of aliphatic hydroxyl groups is 1. The normalized spacial score (nSPS) is 27.9. The molecular formula is C10H21N3O. The van der Waals surface area contributed by atoms with Crippen LogP contribution in [-0.4, -0.2) is 66.3 Å². The maximum atomic E-state index is 8.85. The quantitative estimate of drug-likeness (QED) is 0.615. The number of rotatable bonds is 4. The van der Waals surface area contributed by atoms with Crippen molar-refractivity contribution in [1.82, 2.24) is 9.80 Å². The van der Waals surface area contributed by atoms with Crippen LogP contribution in [0.25, 0.3) is 0 Å². The lowest BCUT2D eigenvalue weighted by Gasteiger charge is -2.35. The molecule has 0 radical (unpaired) electrons. The smallest absolute Gasteiger partial charge is 0.0595 e. The number of hydrogen-bond acceptors (Lipinski definition) is 4. The molecule has 4 heteroatoms. The SMILES string of the molecule is NC(CO)CN1CCN(C2CC2)CC1. The number of aliphatic hydroxyl groups excluding tert-OH is 1. The number of nitrogens with zero attached hydrogens (tertiary/aromatic N) is 2. The van der Waals surface area contributed by atoms with Crippen LogP contribution in [0, 0.1) is 0 Å². The first-order chi connectivity index (χ1) is 6.79. The fraction of sp³-hybridized carbons (Fsp3) is 1.00. The Hall–Kier alpha value is -0.160. The number of piperazine rings is 1. The molecule has 0 aromatic carbocycles. The molecule has 0 aromatic heterocycles. The Morgan fingerprint density at radius 1 is 1.21 bits per heavy atom. The summed E-state index contributed by atoms with van der Waals surface area (Å²) < 4.78 is 0. The Balaban J connectivity index is 1.67. The van der Waals surface area contributed by atoms with Gasteiger partial charge in [-0.2, -0.15) is 0 Å². The van der Waals surface area contributed by atoms with Gasteiger partial charge in [0.1, 0.15) is 0 Å². The van der Waals surface area contributed by atoms with Crippen LogP contribution in [-0.2, 0) is 0 Å². The summed E-state index contributed by atoms with van der Waals surface area (Å²) >= 11 is 0. The van der Waals surface area contributed by atoms with Gasteiger partial charge >= 0.3 is 0 Å². The van der Waals surface area contributed by atoms with Crippen molar-refractivity contribution < 1.29 is 5.11 Å². The maximum absolute atomic E-state index is 8.85. The van der Waals surface area contributed by atoms with E-state index in [9.17, 15) is 0 Å². The summed E-state index contributed by atoms with van der Waals surface area (Å²) in [5, 5.41) is 8.85. The van der Waals surface area contributed by atoms with Crippen LogP contribution in [0.5, 0.6) is 0 Å². The molecule has 2 fully saturated rings. The Morgan fingerprint density at radius 3 is 2.36 bits per heavy atom. The van der Waals surface area contributed by atoms with Crippen molar-refractivity contribution in [1.29, 1.82) is 0 Å². The monoisotopic (exact) mass is 199 g/mol. The third-order valence-electron chi connectivity index (χ3n) is 3.20. The largest absolute Gasteiger partial charge is 0.395 e. The van der Waals surface area contributed by atoms with Crippen LogP contribution in [0.1, 0.15) is 12.8 Å². The van der Waals surface area contributed by atoms with Crippen LogP contribution < -0.4 is 5.73 Å². The van der Waals surface area contributed by atoms with Gasteiger partial charge in [0.05, 0.1) is 6.61 Å². The van der Waals surface area contributed by atoms with Crippen molar-refractivity contribution in [2.45, 2.75) is 24.9 Å². The first-order valence-electron chi connectivity index (χ1n) is 5.62. The highest BCUT2D eigenvalue weighted by Crippen LogP contribution is 2.27. The highest BCUT2D eigenvalue weighted by atomic mass is 16.3. The summed E-state index contributed by atoms with van der Waals surface area (Å²) in [5.74, 6) is 0. The molecule has 1 aliphatic heterocycles. The maximum Gasteiger partial charge on any atom is 0.0595 e. The van der Waals surface area contributed by atoms with Crippen LogP contribution in [0.2, 0.25) is 0 Å². The second-order valence-corrected chi connectivity index (χ2v) is 4.51. The molecular weight excluding hydrogens is 178 g/mol. The molecule has 82 valence electrons. The van der Waals surface area contributed by atoms with E-state index in [1.807, 2.05) is 0 Å². The molecule has 0 amide bonds. The van der Waals surface area contributed by atoms with Gasteiger partial charge in [-0.05, 0) is 12.8 Å². The summed E-state index contributed by atoms with van der Waals surface area (Å²) in [5.41, 5.74) is 5.71. The molecule has 0 bridgehead atoms. The van der Waals surface area contributed by atoms with Gasteiger partial charge in [0.15, 0.2) is 0 Å². The van der Waals surface area contributed by atoms with Crippen molar-refractivity contribution in [2.75, 3.05) is 39.3 Å². The molecule has 1 saturated heterocycles. The molecule has 1 atom stereocenters. The van der Waals surface area contributed by atoms with Crippen molar-refractivity contribution in [3.63, 3.8) is 0 Å². The molecule has 2 rings (SSSR count). The Morgan fingerprint density at radius 2 is 1.86 bits per heavy atom. The van der Waals surface area contributed by atoms with Crippen LogP contribution in [0.3, 0.4) is 0 Å². The van der Waals surface area contributed by atoms with E-state index in [1.165, 1.54) is 25.9 Å². The van der Waals surface area contributed by atoms with Gasteiger partial charge in [0.2, 0.25) is 0 Å². The van der Waals surface area contributed by atoms with E-state index in [1.54, 1.807) is 0 Å². The minimum absolute atomic E-state index is 0.0672. The molecule has 2 aliphatic rings. The third kappa shape index (κ3) is 2.67. The van der Waals surface area contributed by atoms with Crippen molar-refractivity contribution in [3.8, 4) is 0 Å². The van der Waals surface area contributed by atoms with Gasteiger partial charge in [-0.1, -0.05) is 0 Å². The Labute approximate surface area is 85.7 Å². The minimum atomic E-state index is -0.0672. The van der Waals surface area contributed by atoms with E-state index in [4.69, 9.17) is 10.8 Å². The van der Waals surface area contributed by atoms with Gasteiger partial charge in [0, 0.05) is 44.8 Å². The lowest BCUT2D eigenvalue weighted by atomic mass is 10.2. The van der Waals surface area contributed by atoms with Gasteiger partial charge in [-0.25, -0.2) is 0 Å². The molecule has 0 aromatic rings. The molecule has 3 N–H and O–H groups in total. The predicted octanol–water partition coefficient (Wildman–Crippen LogP) is -0.914.